The molecule has 4 nitrogen and oxygen atoms in total. The molecule has 0 saturated heterocycles. The number of rotatable bonds is 8. The highest BCUT2D eigenvalue weighted by atomic mass is 32.2. The molecule has 0 unspecified atom stereocenters. The van der Waals surface area contributed by atoms with E-state index >= 15 is 0 Å². The maximum atomic E-state index is 12.2. The van der Waals surface area contributed by atoms with Crippen molar-refractivity contribution in [3.8, 4) is 0 Å². The molecule has 21 heavy (non-hydrogen) atoms. The number of thioether (sulfide) groups is 1. The number of amides is 1. The molecular weight excluding hydrogens is 282 g/mol. The Balaban J connectivity index is 1.80. The molecule has 114 valence electrons. The fraction of sp³-hybridized carbons (Fsp3) is 0.438. The molecule has 2 aromatic rings. The number of nitrogens with two attached hydrogens (primary N) is 1. The van der Waals surface area contributed by atoms with Gasteiger partial charge in [0.25, 0.3) is 5.91 Å². The number of hydrogen-bond acceptors (Lipinski definition) is 3. The van der Waals surface area contributed by atoms with Gasteiger partial charge < -0.3 is 16.0 Å². The topological polar surface area (TPSA) is 70.9 Å². The minimum absolute atomic E-state index is 0.0184. The highest BCUT2D eigenvalue weighted by Gasteiger charge is 2.11. The SMILES string of the molecule is CSCCCCCCNC(=O)c1c[nH]c2cc(N)ccc12. The van der Waals surface area contributed by atoms with Crippen LogP contribution in [0.25, 0.3) is 10.9 Å². The maximum absolute atomic E-state index is 12.2. The molecule has 0 spiro atoms. The highest BCUT2D eigenvalue weighted by Crippen LogP contribution is 2.20. The Labute approximate surface area is 129 Å². The Bertz CT molecular complexity index is 594. The number of nitrogens with one attached hydrogen (secondary N) is 2. The van der Waals surface area contributed by atoms with Crippen molar-refractivity contribution in [3.63, 3.8) is 0 Å². The lowest BCUT2D eigenvalue weighted by Gasteiger charge is -2.04. The number of carbonyl (C=O) groups excluding carboxylic acids is 1. The first-order chi connectivity index (χ1) is 10.2. The molecular formula is C16H23N3OS. The van der Waals surface area contributed by atoms with Crippen LogP contribution in [0.2, 0.25) is 0 Å². The number of anilines is 1. The first-order valence-electron chi connectivity index (χ1n) is 7.36. The van der Waals surface area contributed by atoms with Crippen LogP contribution < -0.4 is 11.1 Å². The van der Waals surface area contributed by atoms with Gasteiger partial charge in [0.05, 0.1) is 5.56 Å². The fourth-order valence-electron chi connectivity index (χ4n) is 2.35. The Kier molecular flexibility index (Phi) is 5.99. The van der Waals surface area contributed by atoms with Gasteiger partial charge in [-0.2, -0.15) is 11.8 Å². The van der Waals surface area contributed by atoms with Crippen LogP contribution in [0.4, 0.5) is 5.69 Å². The summed E-state index contributed by atoms with van der Waals surface area (Å²) in [6.07, 6.45) is 8.59. The molecule has 5 heteroatoms. The van der Waals surface area contributed by atoms with E-state index in [9.17, 15) is 4.79 Å². The van der Waals surface area contributed by atoms with Crippen LogP contribution in [0.5, 0.6) is 0 Å². The third-order valence-electron chi connectivity index (χ3n) is 3.51. The van der Waals surface area contributed by atoms with E-state index < -0.39 is 0 Å². The van der Waals surface area contributed by atoms with Gasteiger partial charge in [0.1, 0.15) is 0 Å². The largest absolute Gasteiger partial charge is 0.399 e. The smallest absolute Gasteiger partial charge is 0.253 e. The molecule has 0 bridgehead atoms. The first-order valence-corrected chi connectivity index (χ1v) is 8.75. The van der Waals surface area contributed by atoms with Crippen molar-refractivity contribution in [1.29, 1.82) is 0 Å². The summed E-state index contributed by atoms with van der Waals surface area (Å²) in [6, 6.07) is 5.55. The van der Waals surface area contributed by atoms with E-state index in [1.165, 1.54) is 25.0 Å². The summed E-state index contributed by atoms with van der Waals surface area (Å²) in [6.45, 7) is 0.736. The summed E-state index contributed by atoms with van der Waals surface area (Å²) in [7, 11) is 0. The van der Waals surface area contributed by atoms with Crippen LogP contribution in [0.1, 0.15) is 36.0 Å². The molecule has 4 N–H and O–H groups in total. The van der Waals surface area contributed by atoms with Crippen molar-refractivity contribution >= 4 is 34.3 Å². The molecule has 2 rings (SSSR count). The van der Waals surface area contributed by atoms with E-state index in [0.29, 0.717) is 11.3 Å². The molecule has 0 fully saturated rings. The summed E-state index contributed by atoms with van der Waals surface area (Å²) in [4.78, 5) is 15.3. The molecule has 1 amide bonds. The molecule has 1 aromatic carbocycles. The Morgan fingerprint density at radius 1 is 1.29 bits per heavy atom. The van der Waals surface area contributed by atoms with E-state index in [1.54, 1.807) is 6.20 Å². The number of unbranched alkanes of at least 4 members (excludes halogenated alkanes) is 3. The average molecular weight is 305 g/mol. The van der Waals surface area contributed by atoms with Crippen LogP contribution in [-0.4, -0.2) is 29.4 Å². The third kappa shape index (κ3) is 4.43. The van der Waals surface area contributed by atoms with Gasteiger partial charge in [-0.1, -0.05) is 12.8 Å². The number of nitrogen functional groups attached to an aromatic ring is 1. The molecule has 0 atom stereocenters. The van der Waals surface area contributed by atoms with Gasteiger partial charge in [-0.15, -0.1) is 0 Å². The molecule has 0 aliphatic carbocycles. The number of hydrogen-bond donors (Lipinski definition) is 3. The van der Waals surface area contributed by atoms with Gasteiger partial charge >= 0.3 is 0 Å². The van der Waals surface area contributed by atoms with Crippen LogP contribution in [0, 0.1) is 0 Å². The van der Waals surface area contributed by atoms with Gasteiger partial charge in [-0.05, 0) is 43.0 Å². The van der Waals surface area contributed by atoms with Crippen molar-refractivity contribution in [2.45, 2.75) is 25.7 Å². The van der Waals surface area contributed by atoms with Gasteiger partial charge in [0, 0.05) is 29.3 Å². The number of carbonyl (C=O) groups is 1. The van der Waals surface area contributed by atoms with Crippen molar-refractivity contribution in [2.75, 3.05) is 24.3 Å². The lowest BCUT2D eigenvalue weighted by atomic mass is 10.1. The normalized spacial score (nSPS) is 10.9. The first kappa shape index (κ1) is 15.8. The van der Waals surface area contributed by atoms with Gasteiger partial charge in [-0.25, -0.2) is 0 Å². The molecule has 0 aliphatic heterocycles. The molecule has 1 heterocycles. The van der Waals surface area contributed by atoms with Crippen molar-refractivity contribution in [2.24, 2.45) is 0 Å². The number of aromatic nitrogens is 1. The molecule has 0 saturated carbocycles. The average Bonchev–Trinajstić information content (AvgIpc) is 2.89. The second-order valence-electron chi connectivity index (χ2n) is 5.17. The Hall–Kier alpha value is -1.62. The second kappa shape index (κ2) is 7.98. The fourth-order valence-corrected chi connectivity index (χ4v) is 2.85. The third-order valence-corrected chi connectivity index (χ3v) is 4.21. The van der Waals surface area contributed by atoms with Crippen LogP contribution >= 0.6 is 11.8 Å². The van der Waals surface area contributed by atoms with E-state index in [4.69, 9.17) is 5.73 Å². The molecule has 0 radical (unpaired) electrons. The van der Waals surface area contributed by atoms with Gasteiger partial charge in [-0.3, -0.25) is 4.79 Å². The van der Waals surface area contributed by atoms with E-state index in [2.05, 4.69) is 16.6 Å². The zero-order chi connectivity index (χ0) is 15.1. The standard InChI is InChI=1S/C16H23N3OS/c1-21-9-5-3-2-4-8-18-16(20)14-11-19-15-10-12(17)6-7-13(14)15/h6-7,10-11,19H,2-5,8-9,17H2,1H3,(H,18,20). The predicted molar refractivity (Wildman–Crippen MR) is 91.9 cm³/mol. The summed E-state index contributed by atoms with van der Waals surface area (Å²) in [5, 5.41) is 3.91. The van der Waals surface area contributed by atoms with Crippen LogP contribution in [0.3, 0.4) is 0 Å². The number of H-pyrrole nitrogens is 1. The summed E-state index contributed by atoms with van der Waals surface area (Å²) in [5.74, 6) is 1.21. The monoisotopic (exact) mass is 305 g/mol. The molecule has 0 aliphatic rings. The van der Waals surface area contributed by atoms with Gasteiger partial charge in [0.2, 0.25) is 0 Å². The van der Waals surface area contributed by atoms with Crippen LogP contribution in [0.15, 0.2) is 24.4 Å². The number of benzene rings is 1. The van der Waals surface area contributed by atoms with Crippen LogP contribution in [-0.2, 0) is 0 Å². The zero-order valence-electron chi connectivity index (χ0n) is 12.4. The van der Waals surface area contributed by atoms with E-state index in [0.717, 1.165) is 23.9 Å². The second-order valence-corrected chi connectivity index (χ2v) is 6.16. The number of aromatic amines is 1. The van der Waals surface area contributed by atoms with E-state index in [1.807, 2.05) is 30.0 Å². The summed E-state index contributed by atoms with van der Waals surface area (Å²) < 4.78 is 0. The molecule has 1 aromatic heterocycles. The maximum Gasteiger partial charge on any atom is 0.253 e. The minimum atomic E-state index is -0.0184. The number of fused-ring (bicyclic) bond motifs is 1. The lowest BCUT2D eigenvalue weighted by molar-refractivity contribution is 0.0954. The predicted octanol–water partition coefficient (Wildman–Crippen LogP) is 3.40. The van der Waals surface area contributed by atoms with Crippen molar-refractivity contribution < 1.29 is 4.79 Å². The van der Waals surface area contributed by atoms with Crippen molar-refractivity contribution in [1.82, 2.24) is 10.3 Å². The quantitative estimate of drug-likeness (QED) is 0.517. The Morgan fingerprint density at radius 2 is 2.10 bits per heavy atom. The minimum Gasteiger partial charge on any atom is -0.399 e. The summed E-state index contributed by atoms with van der Waals surface area (Å²) >= 11 is 1.89. The van der Waals surface area contributed by atoms with E-state index in [-0.39, 0.29) is 5.91 Å². The van der Waals surface area contributed by atoms with Gasteiger partial charge in [0.15, 0.2) is 0 Å². The highest BCUT2D eigenvalue weighted by molar-refractivity contribution is 7.98. The van der Waals surface area contributed by atoms with Crippen molar-refractivity contribution in [3.05, 3.63) is 30.0 Å². The zero-order valence-corrected chi connectivity index (χ0v) is 13.3. The lowest BCUT2D eigenvalue weighted by Crippen LogP contribution is -2.24. The Morgan fingerprint density at radius 3 is 2.90 bits per heavy atom. The summed E-state index contributed by atoms with van der Waals surface area (Å²) in [5.41, 5.74) is 8.02.